The van der Waals surface area contributed by atoms with E-state index < -0.39 is 0 Å². The normalized spacial score (nSPS) is 16.0. The number of aromatic nitrogens is 1. The fourth-order valence-electron chi connectivity index (χ4n) is 3.88. The van der Waals surface area contributed by atoms with Gasteiger partial charge in [-0.1, -0.05) is 32.0 Å². The van der Waals surface area contributed by atoms with Crippen LogP contribution in [0.15, 0.2) is 29.4 Å². The van der Waals surface area contributed by atoms with Gasteiger partial charge in [0.25, 0.3) is 0 Å². The van der Waals surface area contributed by atoms with Gasteiger partial charge in [-0.2, -0.15) is 0 Å². The lowest BCUT2D eigenvalue weighted by Gasteiger charge is -2.34. The Morgan fingerprint density at radius 3 is 2.75 bits per heavy atom. The van der Waals surface area contributed by atoms with Gasteiger partial charge in [-0.15, -0.1) is 0 Å². The number of H-pyrrole nitrogens is 1. The van der Waals surface area contributed by atoms with Crippen LogP contribution in [0.3, 0.4) is 0 Å². The van der Waals surface area contributed by atoms with Crippen molar-refractivity contribution in [1.29, 1.82) is 0 Å². The van der Waals surface area contributed by atoms with Crippen molar-refractivity contribution in [3.05, 3.63) is 35.5 Å². The van der Waals surface area contributed by atoms with Crippen molar-refractivity contribution in [2.45, 2.75) is 46.1 Å². The fourth-order valence-corrected chi connectivity index (χ4v) is 3.88. The summed E-state index contributed by atoms with van der Waals surface area (Å²) in [6.45, 7) is 8.53. The second-order valence-electron chi connectivity index (χ2n) is 7.96. The molecule has 0 saturated carbocycles. The summed E-state index contributed by atoms with van der Waals surface area (Å²) in [7, 11) is 1.81. The molecule has 1 aliphatic rings. The first-order chi connectivity index (χ1) is 13.5. The van der Waals surface area contributed by atoms with Crippen LogP contribution in [0, 0.1) is 12.8 Å². The molecular formula is C22H33N5O. The van der Waals surface area contributed by atoms with Crippen LogP contribution in [0.4, 0.5) is 0 Å². The minimum Gasteiger partial charge on any atom is -0.361 e. The van der Waals surface area contributed by atoms with Crippen molar-refractivity contribution in [2.24, 2.45) is 10.9 Å². The molecule has 0 spiro atoms. The minimum absolute atomic E-state index is 0.0761. The highest BCUT2D eigenvalue weighted by Gasteiger charge is 2.24. The summed E-state index contributed by atoms with van der Waals surface area (Å²) in [4.78, 5) is 21.9. The number of para-hydroxylation sites is 1. The lowest BCUT2D eigenvalue weighted by Crippen LogP contribution is -2.50. The molecule has 1 fully saturated rings. The molecule has 28 heavy (non-hydrogen) atoms. The van der Waals surface area contributed by atoms with Gasteiger partial charge in [0, 0.05) is 55.7 Å². The molecule has 6 heteroatoms. The van der Waals surface area contributed by atoms with Crippen molar-refractivity contribution in [3.63, 3.8) is 0 Å². The Balaban J connectivity index is 1.46. The molecule has 1 aliphatic heterocycles. The van der Waals surface area contributed by atoms with Crippen LogP contribution in [-0.4, -0.2) is 54.5 Å². The van der Waals surface area contributed by atoms with Gasteiger partial charge in [-0.25, -0.2) is 0 Å². The number of benzene rings is 1. The van der Waals surface area contributed by atoms with Crippen molar-refractivity contribution in [1.82, 2.24) is 20.5 Å². The van der Waals surface area contributed by atoms with Crippen molar-refractivity contribution < 1.29 is 4.79 Å². The Hall–Kier alpha value is -2.50. The number of nitrogens with zero attached hydrogens (tertiary/aromatic N) is 2. The standard InChI is InChI=1S/C22H33N5O/c1-15(2)21(28)27-12-9-18(10-13-27)26-22(23-4)24-11-8-17-14-25-20-16(3)6-5-7-19(17)20/h5-7,14-15,18,25H,8-13H2,1-4H3,(H2,23,24,26). The van der Waals surface area contributed by atoms with E-state index in [1.54, 1.807) is 0 Å². The van der Waals surface area contributed by atoms with E-state index in [2.05, 4.69) is 51.9 Å². The molecule has 2 aromatic rings. The zero-order valence-corrected chi connectivity index (χ0v) is 17.5. The predicted octanol–water partition coefficient (Wildman–Crippen LogP) is 2.83. The number of hydrogen-bond acceptors (Lipinski definition) is 2. The van der Waals surface area contributed by atoms with E-state index in [9.17, 15) is 4.79 Å². The number of nitrogens with one attached hydrogen (secondary N) is 3. The number of aromatic amines is 1. The van der Waals surface area contributed by atoms with Crippen molar-refractivity contribution in [2.75, 3.05) is 26.7 Å². The minimum atomic E-state index is 0.0761. The van der Waals surface area contributed by atoms with Crippen LogP contribution in [0.1, 0.15) is 37.8 Å². The van der Waals surface area contributed by atoms with E-state index in [0.717, 1.165) is 44.9 Å². The van der Waals surface area contributed by atoms with Gasteiger partial charge < -0.3 is 20.5 Å². The Morgan fingerprint density at radius 2 is 2.07 bits per heavy atom. The van der Waals surface area contributed by atoms with Crippen LogP contribution in [0.5, 0.6) is 0 Å². The maximum absolute atomic E-state index is 12.1. The third kappa shape index (κ3) is 4.66. The van der Waals surface area contributed by atoms with Gasteiger partial charge >= 0.3 is 0 Å². The van der Waals surface area contributed by atoms with Crippen LogP contribution in [0.25, 0.3) is 10.9 Å². The number of piperidine rings is 1. The Bertz CT molecular complexity index is 831. The van der Waals surface area contributed by atoms with E-state index in [1.165, 1.54) is 22.0 Å². The molecule has 0 bridgehead atoms. The quantitative estimate of drug-likeness (QED) is 0.549. The van der Waals surface area contributed by atoms with Crippen molar-refractivity contribution in [3.8, 4) is 0 Å². The third-order valence-electron chi connectivity index (χ3n) is 5.56. The molecule has 6 nitrogen and oxygen atoms in total. The first-order valence-corrected chi connectivity index (χ1v) is 10.3. The summed E-state index contributed by atoms with van der Waals surface area (Å²) in [6, 6.07) is 6.78. The molecule has 1 amide bonds. The fraction of sp³-hybridized carbons (Fsp3) is 0.545. The van der Waals surface area contributed by atoms with Gasteiger partial charge in [0.1, 0.15) is 0 Å². The van der Waals surface area contributed by atoms with Gasteiger partial charge in [-0.05, 0) is 37.3 Å². The molecule has 3 N–H and O–H groups in total. The SMILES string of the molecule is CN=C(NCCc1c[nH]c2c(C)cccc12)NC1CCN(C(=O)C(C)C)CC1. The number of carbonyl (C=O) groups is 1. The van der Waals surface area contributed by atoms with Crippen molar-refractivity contribution >= 4 is 22.8 Å². The molecule has 152 valence electrons. The summed E-state index contributed by atoms with van der Waals surface area (Å²) >= 11 is 0. The van der Waals surface area contributed by atoms with Crippen LogP contribution in [-0.2, 0) is 11.2 Å². The number of aliphatic imine (C=N–C) groups is 1. The lowest BCUT2D eigenvalue weighted by molar-refractivity contribution is -0.135. The maximum Gasteiger partial charge on any atom is 0.225 e. The topological polar surface area (TPSA) is 72.5 Å². The molecule has 1 aromatic heterocycles. The number of amides is 1. The van der Waals surface area contributed by atoms with Gasteiger partial charge in [0.2, 0.25) is 5.91 Å². The molecule has 1 aromatic carbocycles. The number of fused-ring (bicyclic) bond motifs is 1. The number of guanidine groups is 1. The lowest BCUT2D eigenvalue weighted by atomic mass is 10.0. The number of hydrogen-bond donors (Lipinski definition) is 3. The van der Waals surface area contributed by atoms with Crippen LogP contribution < -0.4 is 10.6 Å². The monoisotopic (exact) mass is 383 g/mol. The average molecular weight is 384 g/mol. The summed E-state index contributed by atoms with van der Waals surface area (Å²) in [5.74, 6) is 1.17. The smallest absolute Gasteiger partial charge is 0.225 e. The molecule has 0 radical (unpaired) electrons. The van der Waals surface area contributed by atoms with E-state index in [4.69, 9.17) is 0 Å². The number of aryl methyl sites for hydroxylation is 1. The van der Waals surface area contributed by atoms with Crippen LogP contribution in [0.2, 0.25) is 0 Å². The third-order valence-corrected chi connectivity index (χ3v) is 5.56. The first-order valence-electron chi connectivity index (χ1n) is 10.3. The van der Waals surface area contributed by atoms with E-state index >= 15 is 0 Å². The molecule has 0 aliphatic carbocycles. The summed E-state index contributed by atoms with van der Waals surface area (Å²) in [5, 5.41) is 8.24. The maximum atomic E-state index is 12.1. The largest absolute Gasteiger partial charge is 0.361 e. The molecule has 0 atom stereocenters. The Morgan fingerprint density at radius 1 is 1.32 bits per heavy atom. The van der Waals surface area contributed by atoms with E-state index in [-0.39, 0.29) is 11.8 Å². The Labute approximate surface area is 167 Å². The van der Waals surface area contributed by atoms with Gasteiger partial charge in [0.15, 0.2) is 5.96 Å². The second kappa shape index (κ2) is 9.13. The zero-order chi connectivity index (χ0) is 20.1. The zero-order valence-electron chi connectivity index (χ0n) is 17.5. The van der Waals surface area contributed by atoms with Crippen LogP contribution >= 0.6 is 0 Å². The number of rotatable bonds is 5. The number of carbonyl (C=O) groups excluding carboxylic acids is 1. The summed E-state index contributed by atoms with van der Waals surface area (Å²) in [5.41, 5.74) is 3.82. The average Bonchev–Trinajstić information content (AvgIpc) is 3.11. The van der Waals surface area contributed by atoms with Gasteiger partial charge in [-0.3, -0.25) is 9.79 Å². The molecular weight excluding hydrogens is 350 g/mol. The highest BCUT2D eigenvalue weighted by molar-refractivity contribution is 5.86. The Kier molecular flexibility index (Phi) is 6.60. The second-order valence-corrected chi connectivity index (χ2v) is 7.96. The number of likely N-dealkylation sites (tertiary alicyclic amines) is 1. The molecule has 0 unspecified atom stereocenters. The van der Waals surface area contributed by atoms with E-state index in [0.29, 0.717) is 6.04 Å². The first kappa shape index (κ1) is 20.2. The predicted molar refractivity (Wildman–Crippen MR) is 116 cm³/mol. The van der Waals surface area contributed by atoms with Gasteiger partial charge in [0.05, 0.1) is 0 Å². The molecule has 3 rings (SSSR count). The summed E-state index contributed by atoms with van der Waals surface area (Å²) < 4.78 is 0. The highest BCUT2D eigenvalue weighted by Crippen LogP contribution is 2.21. The summed E-state index contributed by atoms with van der Waals surface area (Å²) in [6.07, 6.45) is 4.96. The molecule has 1 saturated heterocycles. The molecule has 2 heterocycles. The highest BCUT2D eigenvalue weighted by atomic mass is 16.2. The van der Waals surface area contributed by atoms with E-state index in [1.807, 2.05) is 25.8 Å².